The molecule has 0 aromatic heterocycles. The van der Waals surface area contributed by atoms with Crippen LogP contribution < -0.4 is 5.73 Å². The van der Waals surface area contributed by atoms with Crippen LogP contribution in [0.4, 0.5) is 5.69 Å². The first kappa shape index (κ1) is 11.6. The molecule has 0 aliphatic carbocycles. The summed E-state index contributed by atoms with van der Waals surface area (Å²) in [4.78, 5) is 0. The summed E-state index contributed by atoms with van der Waals surface area (Å²) in [6.07, 6.45) is 0. The molecule has 2 nitrogen and oxygen atoms in total. The third-order valence-electron chi connectivity index (χ3n) is 1.65. The van der Waals surface area contributed by atoms with E-state index in [0.29, 0.717) is 0 Å². The highest BCUT2D eigenvalue weighted by Crippen LogP contribution is 2.21. The third-order valence-corrected chi connectivity index (χ3v) is 2.32. The summed E-state index contributed by atoms with van der Waals surface area (Å²) in [5.41, 5.74) is 6.18. The minimum atomic E-state index is 0.285. The van der Waals surface area contributed by atoms with Crippen molar-refractivity contribution in [2.45, 2.75) is 0 Å². The molecule has 0 unspecified atom stereocenters. The number of anilines is 1. The van der Waals surface area contributed by atoms with Gasteiger partial charge in [0.25, 0.3) is 0 Å². The standard InChI is InChI=1S/C6H5BrO.C6H7N/c7-5-3-1-2-4-6(5)8;7-6-4-2-1-3-5-6/h1-4,8H;1-5H,7H2. The second-order valence-electron chi connectivity index (χ2n) is 2.86. The van der Waals surface area contributed by atoms with Gasteiger partial charge in [-0.05, 0) is 40.2 Å². The minimum Gasteiger partial charge on any atom is -0.507 e. The molecular formula is C12H12BrNO. The van der Waals surface area contributed by atoms with E-state index in [-0.39, 0.29) is 5.75 Å². The lowest BCUT2D eigenvalue weighted by Crippen LogP contribution is -1.79. The van der Waals surface area contributed by atoms with Crippen molar-refractivity contribution in [3.63, 3.8) is 0 Å². The Morgan fingerprint density at radius 1 is 0.867 bits per heavy atom. The Morgan fingerprint density at radius 2 is 1.40 bits per heavy atom. The molecule has 3 N–H and O–H groups in total. The highest BCUT2D eigenvalue weighted by atomic mass is 79.9. The minimum absolute atomic E-state index is 0.285. The van der Waals surface area contributed by atoms with Crippen LogP contribution in [0.5, 0.6) is 5.75 Å². The van der Waals surface area contributed by atoms with E-state index in [2.05, 4.69) is 15.9 Å². The number of nitrogen functional groups attached to an aromatic ring is 1. The molecule has 0 amide bonds. The van der Waals surface area contributed by atoms with Crippen molar-refractivity contribution < 1.29 is 5.11 Å². The van der Waals surface area contributed by atoms with Crippen molar-refractivity contribution in [3.8, 4) is 5.75 Å². The molecule has 0 bridgehead atoms. The van der Waals surface area contributed by atoms with Gasteiger partial charge in [-0.1, -0.05) is 30.3 Å². The van der Waals surface area contributed by atoms with E-state index in [9.17, 15) is 0 Å². The van der Waals surface area contributed by atoms with Gasteiger partial charge in [0.1, 0.15) is 5.75 Å². The Morgan fingerprint density at radius 3 is 1.73 bits per heavy atom. The predicted molar refractivity (Wildman–Crippen MR) is 66.7 cm³/mol. The Balaban J connectivity index is 0.000000151. The lowest BCUT2D eigenvalue weighted by Gasteiger charge is -1.90. The summed E-state index contributed by atoms with van der Waals surface area (Å²) in [6.45, 7) is 0. The summed E-state index contributed by atoms with van der Waals surface area (Å²) < 4.78 is 0.736. The third kappa shape index (κ3) is 4.51. The maximum Gasteiger partial charge on any atom is 0.129 e. The molecule has 2 aromatic rings. The molecule has 2 aromatic carbocycles. The zero-order chi connectivity index (χ0) is 11.1. The van der Waals surface area contributed by atoms with Crippen LogP contribution in [0.25, 0.3) is 0 Å². The van der Waals surface area contributed by atoms with Gasteiger partial charge >= 0.3 is 0 Å². The van der Waals surface area contributed by atoms with E-state index >= 15 is 0 Å². The Kier molecular flexibility index (Phi) is 4.71. The van der Waals surface area contributed by atoms with Crippen LogP contribution >= 0.6 is 15.9 Å². The molecule has 2 rings (SSSR count). The highest BCUT2D eigenvalue weighted by molar-refractivity contribution is 9.10. The van der Waals surface area contributed by atoms with E-state index in [1.807, 2.05) is 36.4 Å². The molecular weight excluding hydrogens is 254 g/mol. The van der Waals surface area contributed by atoms with Gasteiger partial charge in [-0.3, -0.25) is 0 Å². The largest absolute Gasteiger partial charge is 0.507 e. The number of benzene rings is 2. The average molecular weight is 266 g/mol. The van der Waals surface area contributed by atoms with Gasteiger partial charge in [-0.2, -0.15) is 0 Å². The van der Waals surface area contributed by atoms with Crippen LogP contribution in [0, 0.1) is 0 Å². The fraction of sp³-hybridized carbons (Fsp3) is 0. The molecule has 0 aliphatic rings. The van der Waals surface area contributed by atoms with E-state index < -0.39 is 0 Å². The molecule has 0 radical (unpaired) electrons. The number of hydrogen-bond acceptors (Lipinski definition) is 2. The highest BCUT2D eigenvalue weighted by Gasteiger charge is 1.89. The quantitative estimate of drug-likeness (QED) is 0.717. The first-order chi connectivity index (χ1) is 7.20. The molecule has 3 heteroatoms. The Labute approximate surface area is 97.5 Å². The van der Waals surface area contributed by atoms with Gasteiger partial charge in [-0.25, -0.2) is 0 Å². The molecule has 0 fully saturated rings. The number of nitrogens with two attached hydrogens (primary N) is 1. The van der Waals surface area contributed by atoms with E-state index in [4.69, 9.17) is 10.8 Å². The summed E-state index contributed by atoms with van der Waals surface area (Å²) in [5.74, 6) is 0.285. The number of para-hydroxylation sites is 2. The topological polar surface area (TPSA) is 46.2 Å². The summed E-state index contributed by atoms with van der Waals surface area (Å²) in [5, 5.41) is 8.87. The number of halogens is 1. The van der Waals surface area contributed by atoms with Crippen molar-refractivity contribution >= 4 is 21.6 Å². The number of phenolic OH excluding ortho intramolecular Hbond substituents is 1. The van der Waals surface area contributed by atoms with Crippen molar-refractivity contribution in [1.82, 2.24) is 0 Å². The number of aromatic hydroxyl groups is 1. The summed E-state index contributed by atoms with van der Waals surface area (Å²) >= 11 is 3.15. The first-order valence-corrected chi connectivity index (χ1v) is 5.23. The number of phenols is 1. The molecule has 15 heavy (non-hydrogen) atoms. The van der Waals surface area contributed by atoms with Crippen LogP contribution in [0.2, 0.25) is 0 Å². The lowest BCUT2D eigenvalue weighted by molar-refractivity contribution is 0.472. The van der Waals surface area contributed by atoms with E-state index in [0.717, 1.165) is 10.2 Å². The van der Waals surface area contributed by atoms with Gasteiger partial charge in [-0.15, -0.1) is 0 Å². The number of hydrogen-bond donors (Lipinski definition) is 2. The van der Waals surface area contributed by atoms with Gasteiger partial charge in [0.15, 0.2) is 0 Å². The normalized spacial score (nSPS) is 8.87. The molecule has 0 saturated heterocycles. The Hall–Kier alpha value is -1.48. The molecule has 0 atom stereocenters. The van der Waals surface area contributed by atoms with Crippen molar-refractivity contribution in [2.75, 3.05) is 5.73 Å². The summed E-state index contributed by atoms with van der Waals surface area (Å²) in [7, 11) is 0. The van der Waals surface area contributed by atoms with Crippen LogP contribution in [0.1, 0.15) is 0 Å². The van der Waals surface area contributed by atoms with Gasteiger partial charge in [0.05, 0.1) is 4.47 Å². The van der Waals surface area contributed by atoms with Crippen molar-refractivity contribution in [2.24, 2.45) is 0 Å². The SMILES string of the molecule is Nc1ccccc1.Oc1ccccc1Br. The average Bonchev–Trinajstić information content (AvgIpc) is 2.25. The second kappa shape index (κ2) is 6.09. The predicted octanol–water partition coefficient (Wildman–Crippen LogP) is 3.42. The van der Waals surface area contributed by atoms with Crippen molar-refractivity contribution in [3.05, 3.63) is 59.1 Å². The Bertz CT molecular complexity index is 382. The second-order valence-corrected chi connectivity index (χ2v) is 3.72. The maximum atomic E-state index is 8.87. The zero-order valence-electron chi connectivity index (χ0n) is 8.10. The smallest absolute Gasteiger partial charge is 0.129 e. The van der Waals surface area contributed by atoms with Crippen LogP contribution in [-0.4, -0.2) is 5.11 Å². The van der Waals surface area contributed by atoms with Gasteiger partial charge < -0.3 is 10.8 Å². The van der Waals surface area contributed by atoms with E-state index in [1.54, 1.807) is 18.2 Å². The fourth-order valence-electron chi connectivity index (χ4n) is 0.905. The number of rotatable bonds is 0. The summed E-state index contributed by atoms with van der Waals surface area (Å²) in [6, 6.07) is 16.5. The molecule has 0 heterocycles. The van der Waals surface area contributed by atoms with Gasteiger partial charge in [0.2, 0.25) is 0 Å². The zero-order valence-corrected chi connectivity index (χ0v) is 9.68. The van der Waals surface area contributed by atoms with Crippen LogP contribution in [0.3, 0.4) is 0 Å². The molecule has 0 spiro atoms. The van der Waals surface area contributed by atoms with Crippen molar-refractivity contribution in [1.29, 1.82) is 0 Å². The molecule has 0 saturated carbocycles. The van der Waals surface area contributed by atoms with Crippen LogP contribution in [-0.2, 0) is 0 Å². The molecule has 78 valence electrons. The first-order valence-electron chi connectivity index (χ1n) is 4.44. The van der Waals surface area contributed by atoms with E-state index in [1.165, 1.54) is 0 Å². The monoisotopic (exact) mass is 265 g/mol. The molecule has 0 aliphatic heterocycles. The fourth-order valence-corrected chi connectivity index (χ4v) is 1.19. The van der Waals surface area contributed by atoms with Crippen LogP contribution in [0.15, 0.2) is 59.1 Å². The maximum absolute atomic E-state index is 8.87. The van der Waals surface area contributed by atoms with Gasteiger partial charge in [0, 0.05) is 5.69 Å². The lowest BCUT2D eigenvalue weighted by atomic mass is 10.3.